The van der Waals surface area contributed by atoms with Crippen LogP contribution in [-0.4, -0.2) is 11.0 Å². The van der Waals surface area contributed by atoms with Crippen molar-refractivity contribution in [3.8, 4) is 0 Å². The van der Waals surface area contributed by atoms with Gasteiger partial charge in [-0.2, -0.15) is 11.8 Å². The zero-order valence-electron chi connectivity index (χ0n) is 7.55. The van der Waals surface area contributed by atoms with Crippen molar-refractivity contribution in [2.24, 2.45) is 17.8 Å². The molecule has 0 radical (unpaired) electrons. The van der Waals surface area contributed by atoms with Crippen LogP contribution in [0.5, 0.6) is 0 Å². The lowest BCUT2D eigenvalue weighted by Gasteiger charge is -2.41. The standard InChI is InChI=1S/C10H18S/c1-7-3-4-9-5-10(7)11-6-8(9)2/h7-10H,3-6H2,1-2H3/t7-,8+,9+,10+/m1/s1. The first-order valence-electron chi connectivity index (χ1n) is 4.89. The maximum absolute atomic E-state index is 2.43. The Morgan fingerprint density at radius 3 is 2.73 bits per heavy atom. The molecule has 0 N–H and O–H groups in total. The molecular formula is C10H18S. The molecule has 0 spiro atoms. The number of fused-ring (bicyclic) bond motifs is 2. The molecule has 1 saturated heterocycles. The van der Waals surface area contributed by atoms with Crippen LogP contribution in [0.2, 0.25) is 0 Å². The van der Waals surface area contributed by atoms with E-state index in [1.54, 1.807) is 0 Å². The zero-order chi connectivity index (χ0) is 7.84. The van der Waals surface area contributed by atoms with Gasteiger partial charge in [0.25, 0.3) is 0 Å². The van der Waals surface area contributed by atoms with Crippen LogP contribution in [-0.2, 0) is 0 Å². The Morgan fingerprint density at radius 1 is 1.09 bits per heavy atom. The summed E-state index contributed by atoms with van der Waals surface area (Å²) >= 11 is 2.23. The van der Waals surface area contributed by atoms with Gasteiger partial charge < -0.3 is 0 Å². The molecule has 0 aromatic rings. The van der Waals surface area contributed by atoms with Crippen LogP contribution in [0.3, 0.4) is 0 Å². The van der Waals surface area contributed by atoms with Crippen LogP contribution in [0.1, 0.15) is 33.1 Å². The summed E-state index contributed by atoms with van der Waals surface area (Å²) in [5.41, 5.74) is 0. The number of thioether (sulfide) groups is 1. The Hall–Kier alpha value is 0.350. The highest BCUT2D eigenvalue weighted by molar-refractivity contribution is 7.99. The first-order valence-corrected chi connectivity index (χ1v) is 5.94. The lowest BCUT2D eigenvalue weighted by molar-refractivity contribution is 0.232. The van der Waals surface area contributed by atoms with Crippen molar-refractivity contribution < 1.29 is 0 Å². The molecule has 0 nitrogen and oxygen atoms in total. The summed E-state index contributed by atoms with van der Waals surface area (Å²) in [7, 11) is 0. The predicted molar refractivity (Wildman–Crippen MR) is 51.9 cm³/mol. The van der Waals surface area contributed by atoms with E-state index in [2.05, 4.69) is 25.6 Å². The summed E-state index contributed by atoms with van der Waals surface area (Å²) in [6.07, 6.45) is 4.53. The van der Waals surface area contributed by atoms with Crippen LogP contribution in [0, 0.1) is 17.8 Å². The van der Waals surface area contributed by atoms with Crippen molar-refractivity contribution in [2.75, 3.05) is 5.75 Å². The molecule has 0 aromatic carbocycles. The number of rotatable bonds is 0. The first-order chi connectivity index (χ1) is 5.27. The van der Waals surface area contributed by atoms with Crippen molar-refractivity contribution in [1.29, 1.82) is 0 Å². The molecule has 1 aliphatic carbocycles. The van der Waals surface area contributed by atoms with E-state index >= 15 is 0 Å². The fraction of sp³-hybridized carbons (Fsp3) is 1.00. The van der Waals surface area contributed by atoms with Crippen molar-refractivity contribution in [2.45, 2.75) is 38.4 Å². The molecule has 2 aliphatic rings. The fourth-order valence-electron chi connectivity index (χ4n) is 2.47. The van der Waals surface area contributed by atoms with Gasteiger partial charge in [-0.1, -0.05) is 13.8 Å². The highest BCUT2D eigenvalue weighted by atomic mass is 32.2. The van der Waals surface area contributed by atoms with Gasteiger partial charge in [-0.15, -0.1) is 0 Å². The van der Waals surface area contributed by atoms with Gasteiger partial charge in [0.15, 0.2) is 0 Å². The minimum absolute atomic E-state index is 1.00. The molecule has 0 unspecified atom stereocenters. The number of hydrogen-bond acceptors (Lipinski definition) is 1. The van der Waals surface area contributed by atoms with Crippen LogP contribution < -0.4 is 0 Å². The second-order valence-corrected chi connectivity index (χ2v) is 5.67. The minimum atomic E-state index is 1.00. The molecule has 0 amide bonds. The molecule has 4 atom stereocenters. The van der Waals surface area contributed by atoms with Crippen molar-refractivity contribution >= 4 is 11.8 Å². The van der Waals surface area contributed by atoms with Gasteiger partial charge in [-0.05, 0) is 42.8 Å². The molecule has 2 fully saturated rings. The lowest BCUT2D eigenvalue weighted by atomic mass is 9.77. The fourth-order valence-corrected chi connectivity index (χ4v) is 4.14. The average Bonchev–Trinajstić information content (AvgIpc) is 2.02. The van der Waals surface area contributed by atoms with Crippen molar-refractivity contribution in [3.63, 3.8) is 0 Å². The Balaban J connectivity index is 2.02. The first kappa shape index (κ1) is 7.97. The van der Waals surface area contributed by atoms with E-state index in [4.69, 9.17) is 0 Å². The summed E-state index contributed by atoms with van der Waals surface area (Å²) in [6.45, 7) is 4.87. The van der Waals surface area contributed by atoms with Crippen LogP contribution >= 0.6 is 11.8 Å². The van der Waals surface area contributed by atoms with Crippen molar-refractivity contribution in [3.05, 3.63) is 0 Å². The third-order valence-electron chi connectivity index (χ3n) is 3.54. The smallest absolute Gasteiger partial charge is 0.00755 e. The molecule has 11 heavy (non-hydrogen) atoms. The third-order valence-corrected chi connectivity index (χ3v) is 5.34. The Bertz CT molecular complexity index is 128. The summed E-state index contributed by atoms with van der Waals surface area (Å²) < 4.78 is 0. The second-order valence-electron chi connectivity index (χ2n) is 4.40. The van der Waals surface area contributed by atoms with Crippen LogP contribution in [0.15, 0.2) is 0 Å². The van der Waals surface area contributed by atoms with Gasteiger partial charge in [-0.3, -0.25) is 0 Å². The normalized spacial score (nSPS) is 50.7. The zero-order valence-corrected chi connectivity index (χ0v) is 8.36. The maximum atomic E-state index is 2.43. The van der Waals surface area contributed by atoms with Crippen molar-refractivity contribution in [1.82, 2.24) is 0 Å². The van der Waals surface area contributed by atoms with E-state index in [0.29, 0.717) is 0 Å². The molecule has 1 aliphatic heterocycles. The molecule has 1 heteroatoms. The Kier molecular flexibility index (Phi) is 2.18. The Labute approximate surface area is 74.1 Å². The second kappa shape index (κ2) is 3.01. The molecule has 2 rings (SSSR count). The SMILES string of the molecule is C[C@@H]1CC[C@H]2C[C@@H]1SC[C@@H]2C. The van der Waals surface area contributed by atoms with E-state index in [1.807, 2.05) is 0 Å². The van der Waals surface area contributed by atoms with Gasteiger partial charge in [-0.25, -0.2) is 0 Å². The summed E-state index contributed by atoms with van der Waals surface area (Å²) in [6, 6.07) is 0. The summed E-state index contributed by atoms with van der Waals surface area (Å²) in [4.78, 5) is 0. The van der Waals surface area contributed by atoms with Gasteiger partial charge in [0.1, 0.15) is 0 Å². The van der Waals surface area contributed by atoms with Gasteiger partial charge in [0, 0.05) is 5.25 Å². The topological polar surface area (TPSA) is 0 Å². The highest BCUT2D eigenvalue weighted by Gasteiger charge is 2.34. The van der Waals surface area contributed by atoms with E-state index in [0.717, 1.165) is 23.0 Å². The lowest BCUT2D eigenvalue weighted by Crippen LogP contribution is -2.34. The third kappa shape index (κ3) is 1.44. The largest absolute Gasteiger partial charge is 0.158 e. The molecule has 1 heterocycles. The van der Waals surface area contributed by atoms with Crippen LogP contribution in [0.25, 0.3) is 0 Å². The maximum Gasteiger partial charge on any atom is 0.00755 e. The molecule has 64 valence electrons. The Morgan fingerprint density at radius 2 is 1.91 bits per heavy atom. The monoisotopic (exact) mass is 170 g/mol. The molecule has 2 bridgehead atoms. The number of hydrogen-bond donors (Lipinski definition) is 0. The minimum Gasteiger partial charge on any atom is -0.158 e. The summed E-state index contributed by atoms with van der Waals surface area (Å²) in [5, 5.41) is 1.02. The molecular weight excluding hydrogens is 152 g/mol. The van der Waals surface area contributed by atoms with Crippen LogP contribution in [0.4, 0.5) is 0 Å². The van der Waals surface area contributed by atoms with E-state index in [9.17, 15) is 0 Å². The van der Waals surface area contributed by atoms with Gasteiger partial charge >= 0.3 is 0 Å². The average molecular weight is 170 g/mol. The highest BCUT2D eigenvalue weighted by Crippen LogP contribution is 2.45. The van der Waals surface area contributed by atoms with Gasteiger partial charge in [0.05, 0.1) is 0 Å². The molecule has 1 saturated carbocycles. The van der Waals surface area contributed by atoms with E-state index < -0.39 is 0 Å². The quantitative estimate of drug-likeness (QED) is 0.538. The van der Waals surface area contributed by atoms with E-state index in [-0.39, 0.29) is 0 Å². The van der Waals surface area contributed by atoms with E-state index in [1.165, 1.54) is 25.0 Å². The molecule has 0 aromatic heterocycles. The summed E-state index contributed by atoms with van der Waals surface area (Å²) in [5.74, 6) is 4.52. The van der Waals surface area contributed by atoms with Gasteiger partial charge in [0.2, 0.25) is 0 Å². The predicted octanol–water partition coefficient (Wildman–Crippen LogP) is 3.17.